The van der Waals surface area contributed by atoms with Crippen molar-refractivity contribution in [3.63, 3.8) is 0 Å². The van der Waals surface area contributed by atoms with Crippen molar-refractivity contribution in [2.24, 2.45) is 17.6 Å². The molecule has 18 heavy (non-hydrogen) atoms. The fourth-order valence-corrected chi connectivity index (χ4v) is 4.02. The minimum absolute atomic E-state index is 0.397. The Balaban J connectivity index is 2.52. The van der Waals surface area contributed by atoms with Gasteiger partial charge in [-0.05, 0) is 31.2 Å². The van der Waals surface area contributed by atoms with E-state index in [1.807, 2.05) is 13.8 Å². The lowest BCUT2D eigenvalue weighted by molar-refractivity contribution is 0.243. The van der Waals surface area contributed by atoms with Crippen LogP contribution in [-0.4, -0.2) is 38.9 Å². The minimum Gasteiger partial charge on any atom is -0.330 e. The summed E-state index contributed by atoms with van der Waals surface area (Å²) in [6.07, 6.45) is 4.63. The van der Waals surface area contributed by atoms with Crippen LogP contribution < -0.4 is 10.5 Å². The molecule has 108 valence electrons. The topological polar surface area (TPSA) is 75.4 Å². The quantitative estimate of drug-likeness (QED) is 0.727. The van der Waals surface area contributed by atoms with Crippen LogP contribution in [0, 0.1) is 11.8 Å². The van der Waals surface area contributed by atoms with E-state index in [4.69, 9.17) is 5.73 Å². The Bertz CT molecular complexity index is 328. The van der Waals surface area contributed by atoms with Crippen LogP contribution in [0.2, 0.25) is 0 Å². The summed E-state index contributed by atoms with van der Waals surface area (Å²) in [5, 5.41) is 0. The summed E-state index contributed by atoms with van der Waals surface area (Å²) in [6, 6.07) is 0. The molecule has 0 amide bonds. The van der Waals surface area contributed by atoms with E-state index in [9.17, 15) is 8.42 Å². The summed E-state index contributed by atoms with van der Waals surface area (Å²) in [7, 11) is -3.31. The number of rotatable bonds is 7. The van der Waals surface area contributed by atoms with Gasteiger partial charge in [0.2, 0.25) is 0 Å². The number of hydrogen-bond acceptors (Lipinski definition) is 3. The molecule has 1 fully saturated rings. The molecule has 1 saturated carbocycles. The number of hydrogen-bond donors (Lipinski definition) is 2. The number of nitrogens with one attached hydrogen (secondary N) is 1. The lowest BCUT2D eigenvalue weighted by atomic mass is 9.79. The number of nitrogens with two attached hydrogens (primary N) is 1. The van der Waals surface area contributed by atoms with E-state index < -0.39 is 10.2 Å². The highest BCUT2D eigenvalue weighted by Gasteiger charge is 2.26. The van der Waals surface area contributed by atoms with Crippen molar-refractivity contribution in [3.8, 4) is 0 Å². The third-order valence-electron chi connectivity index (χ3n) is 3.94. The average molecular weight is 277 g/mol. The molecule has 0 aromatic carbocycles. The Morgan fingerprint density at radius 2 is 1.72 bits per heavy atom. The molecule has 6 heteroatoms. The molecule has 1 aliphatic rings. The van der Waals surface area contributed by atoms with E-state index >= 15 is 0 Å². The molecule has 0 spiro atoms. The first-order valence-corrected chi connectivity index (χ1v) is 8.43. The highest BCUT2D eigenvalue weighted by molar-refractivity contribution is 7.87. The van der Waals surface area contributed by atoms with E-state index in [2.05, 4.69) is 4.72 Å². The van der Waals surface area contributed by atoms with Gasteiger partial charge in [-0.15, -0.1) is 0 Å². The third kappa shape index (κ3) is 4.19. The molecule has 1 aliphatic carbocycles. The van der Waals surface area contributed by atoms with Crippen LogP contribution in [0.5, 0.6) is 0 Å². The maximum atomic E-state index is 12.0. The maximum Gasteiger partial charge on any atom is 0.279 e. The summed E-state index contributed by atoms with van der Waals surface area (Å²) in [5.41, 5.74) is 5.76. The Hall–Kier alpha value is -0.170. The highest BCUT2D eigenvalue weighted by Crippen LogP contribution is 2.28. The fourth-order valence-electron chi connectivity index (χ4n) is 2.73. The zero-order chi connectivity index (χ0) is 13.6. The first-order valence-electron chi connectivity index (χ1n) is 6.99. The van der Waals surface area contributed by atoms with Crippen molar-refractivity contribution in [1.82, 2.24) is 9.03 Å². The van der Waals surface area contributed by atoms with Crippen LogP contribution >= 0.6 is 0 Å². The Morgan fingerprint density at radius 1 is 1.17 bits per heavy atom. The molecule has 3 N–H and O–H groups in total. The van der Waals surface area contributed by atoms with Crippen molar-refractivity contribution in [1.29, 1.82) is 0 Å². The lowest BCUT2D eigenvalue weighted by Crippen LogP contribution is -2.44. The van der Waals surface area contributed by atoms with Crippen LogP contribution in [0.25, 0.3) is 0 Å². The van der Waals surface area contributed by atoms with Crippen molar-refractivity contribution < 1.29 is 8.42 Å². The standard InChI is InChI=1S/C12H27N3O2S/c1-3-15(4-2)18(16,17)14-10-12-8-6-5-7-11(12)9-13/h11-12,14H,3-10,13H2,1-2H3. The van der Waals surface area contributed by atoms with Gasteiger partial charge < -0.3 is 5.73 Å². The third-order valence-corrected chi connectivity index (χ3v) is 5.67. The molecule has 0 radical (unpaired) electrons. The average Bonchev–Trinajstić information content (AvgIpc) is 2.38. The van der Waals surface area contributed by atoms with Crippen LogP contribution in [0.3, 0.4) is 0 Å². The Labute approximate surface area is 111 Å². The Morgan fingerprint density at radius 3 is 2.22 bits per heavy atom. The molecule has 2 unspecified atom stereocenters. The van der Waals surface area contributed by atoms with Gasteiger partial charge in [0.1, 0.15) is 0 Å². The molecule has 1 rings (SSSR count). The normalized spacial score (nSPS) is 25.6. The molecule has 0 aliphatic heterocycles. The van der Waals surface area contributed by atoms with E-state index in [1.54, 1.807) is 0 Å². The molecule has 0 heterocycles. The monoisotopic (exact) mass is 277 g/mol. The van der Waals surface area contributed by atoms with Crippen molar-refractivity contribution in [2.45, 2.75) is 39.5 Å². The van der Waals surface area contributed by atoms with Gasteiger partial charge in [0, 0.05) is 19.6 Å². The Kier molecular flexibility index (Phi) is 6.55. The molecule has 5 nitrogen and oxygen atoms in total. The van der Waals surface area contributed by atoms with Gasteiger partial charge in [-0.2, -0.15) is 12.7 Å². The maximum absolute atomic E-state index is 12.0. The molecular formula is C12H27N3O2S. The molecule has 0 aromatic rings. The summed E-state index contributed by atoms with van der Waals surface area (Å²) in [6.45, 7) is 5.92. The van der Waals surface area contributed by atoms with Crippen LogP contribution in [0.4, 0.5) is 0 Å². The molecule has 0 aromatic heterocycles. The summed E-state index contributed by atoms with van der Waals surface area (Å²) < 4.78 is 28.2. The largest absolute Gasteiger partial charge is 0.330 e. The van der Waals surface area contributed by atoms with Gasteiger partial charge in [-0.3, -0.25) is 0 Å². The van der Waals surface area contributed by atoms with Gasteiger partial charge in [-0.25, -0.2) is 4.72 Å². The van der Waals surface area contributed by atoms with E-state index in [-0.39, 0.29) is 0 Å². The van der Waals surface area contributed by atoms with Crippen LogP contribution in [0.1, 0.15) is 39.5 Å². The van der Waals surface area contributed by atoms with Crippen LogP contribution in [0.15, 0.2) is 0 Å². The number of nitrogens with zero attached hydrogens (tertiary/aromatic N) is 1. The fraction of sp³-hybridized carbons (Fsp3) is 1.00. The van der Waals surface area contributed by atoms with Crippen molar-refractivity contribution in [2.75, 3.05) is 26.2 Å². The first kappa shape index (κ1) is 15.9. The molecule has 2 atom stereocenters. The first-order chi connectivity index (χ1) is 8.55. The summed E-state index contributed by atoms with van der Waals surface area (Å²) in [4.78, 5) is 0. The van der Waals surface area contributed by atoms with Gasteiger partial charge in [-0.1, -0.05) is 26.7 Å². The molecular weight excluding hydrogens is 250 g/mol. The smallest absolute Gasteiger partial charge is 0.279 e. The second-order valence-corrected chi connectivity index (χ2v) is 6.73. The zero-order valence-electron chi connectivity index (χ0n) is 11.6. The van der Waals surface area contributed by atoms with E-state index in [0.29, 0.717) is 38.0 Å². The minimum atomic E-state index is -3.31. The van der Waals surface area contributed by atoms with Gasteiger partial charge in [0.15, 0.2) is 0 Å². The predicted molar refractivity (Wildman–Crippen MR) is 74.3 cm³/mol. The predicted octanol–water partition coefficient (Wildman–Crippen LogP) is 0.928. The van der Waals surface area contributed by atoms with Crippen molar-refractivity contribution >= 4 is 10.2 Å². The van der Waals surface area contributed by atoms with E-state index in [0.717, 1.165) is 12.8 Å². The molecule has 0 bridgehead atoms. The SMILES string of the molecule is CCN(CC)S(=O)(=O)NCC1CCCCC1CN. The van der Waals surface area contributed by atoms with E-state index in [1.165, 1.54) is 17.1 Å². The van der Waals surface area contributed by atoms with Crippen molar-refractivity contribution in [3.05, 3.63) is 0 Å². The molecule has 0 saturated heterocycles. The van der Waals surface area contributed by atoms with Gasteiger partial charge >= 0.3 is 0 Å². The second-order valence-electron chi connectivity index (χ2n) is 4.98. The zero-order valence-corrected chi connectivity index (χ0v) is 12.4. The van der Waals surface area contributed by atoms with Gasteiger partial charge in [0.05, 0.1) is 0 Å². The highest BCUT2D eigenvalue weighted by atomic mass is 32.2. The second kappa shape index (κ2) is 7.43. The summed E-state index contributed by atoms with van der Waals surface area (Å²) >= 11 is 0. The lowest BCUT2D eigenvalue weighted by Gasteiger charge is -2.31. The van der Waals surface area contributed by atoms with Crippen LogP contribution in [-0.2, 0) is 10.2 Å². The summed E-state index contributed by atoms with van der Waals surface area (Å²) in [5.74, 6) is 0.868. The van der Waals surface area contributed by atoms with Gasteiger partial charge in [0.25, 0.3) is 10.2 Å².